The van der Waals surface area contributed by atoms with Crippen LogP contribution in [0, 0.1) is 17.3 Å². The molecule has 1 fully saturated rings. The first-order chi connectivity index (χ1) is 6.88. The van der Waals surface area contributed by atoms with Gasteiger partial charge in [0.1, 0.15) is 0 Å². The second-order valence-corrected chi connectivity index (χ2v) is 5.58. The number of amides is 1. The number of hydrogen-bond acceptors (Lipinski definition) is 2. The highest BCUT2D eigenvalue weighted by atomic mass is 16.2. The summed E-state index contributed by atoms with van der Waals surface area (Å²) in [7, 11) is 0. The smallest absolute Gasteiger partial charge is 0.229 e. The Morgan fingerprint density at radius 1 is 1.40 bits per heavy atom. The Hall–Kier alpha value is -0.570. The lowest BCUT2D eigenvalue weighted by Gasteiger charge is -2.39. The zero-order valence-corrected chi connectivity index (χ0v) is 10.4. The van der Waals surface area contributed by atoms with Crippen LogP contribution in [-0.4, -0.2) is 30.4 Å². The summed E-state index contributed by atoms with van der Waals surface area (Å²) in [4.78, 5) is 14.1. The molecule has 88 valence electrons. The summed E-state index contributed by atoms with van der Waals surface area (Å²) in [5.74, 6) is 1.55. The van der Waals surface area contributed by atoms with Gasteiger partial charge in [0.2, 0.25) is 5.91 Å². The lowest BCUT2D eigenvalue weighted by atomic mass is 9.85. The first kappa shape index (κ1) is 12.5. The molecule has 15 heavy (non-hydrogen) atoms. The van der Waals surface area contributed by atoms with Crippen molar-refractivity contribution in [2.45, 2.75) is 34.1 Å². The number of piperidine rings is 1. The van der Waals surface area contributed by atoms with Crippen molar-refractivity contribution in [1.82, 2.24) is 4.90 Å². The van der Waals surface area contributed by atoms with Gasteiger partial charge in [0.25, 0.3) is 0 Å². The third kappa shape index (κ3) is 2.71. The monoisotopic (exact) mass is 212 g/mol. The van der Waals surface area contributed by atoms with Crippen LogP contribution < -0.4 is 5.73 Å². The lowest BCUT2D eigenvalue weighted by Crippen LogP contribution is -2.49. The van der Waals surface area contributed by atoms with E-state index >= 15 is 0 Å². The topological polar surface area (TPSA) is 46.3 Å². The largest absolute Gasteiger partial charge is 0.342 e. The van der Waals surface area contributed by atoms with Crippen LogP contribution in [-0.2, 0) is 4.79 Å². The highest BCUT2D eigenvalue weighted by Crippen LogP contribution is 2.26. The predicted molar refractivity (Wildman–Crippen MR) is 62.4 cm³/mol. The van der Waals surface area contributed by atoms with Crippen LogP contribution in [0.4, 0.5) is 0 Å². The molecular weight excluding hydrogens is 188 g/mol. The molecule has 1 rings (SSSR count). The molecule has 1 aliphatic heterocycles. The van der Waals surface area contributed by atoms with E-state index in [0.717, 1.165) is 25.4 Å². The summed E-state index contributed by atoms with van der Waals surface area (Å²) >= 11 is 0. The number of hydrogen-bond donors (Lipinski definition) is 1. The maximum Gasteiger partial charge on any atom is 0.229 e. The summed E-state index contributed by atoms with van der Waals surface area (Å²) in [6, 6.07) is 0. The second-order valence-electron chi connectivity index (χ2n) is 5.58. The molecule has 0 aromatic heterocycles. The average Bonchev–Trinajstić information content (AvgIpc) is 2.21. The van der Waals surface area contributed by atoms with E-state index in [-0.39, 0.29) is 5.91 Å². The van der Waals surface area contributed by atoms with Gasteiger partial charge in [0.05, 0.1) is 5.41 Å². The Labute approximate surface area is 93.0 Å². The highest BCUT2D eigenvalue weighted by molar-refractivity contribution is 5.82. The van der Waals surface area contributed by atoms with Crippen molar-refractivity contribution >= 4 is 5.91 Å². The zero-order chi connectivity index (χ0) is 11.6. The molecular formula is C12H24N2O. The molecule has 0 aliphatic carbocycles. The van der Waals surface area contributed by atoms with E-state index in [9.17, 15) is 4.79 Å². The Morgan fingerprint density at radius 3 is 2.47 bits per heavy atom. The normalized spacial score (nSPS) is 27.9. The zero-order valence-electron chi connectivity index (χ0n) is 10.4. The summed E-state index contributed by atoms with van der Waals surface area (Å²) in [5, 5.41) is 0. The van der Waals surface area contributed by atoms with Crippen molar-refractivity contribution in [2.75, 3.05) is 19.6 Å². The number of nitrogens with zero attached hydrogens (tertiary/aromatic N) is 1. The molecule has 0 aromatic carbocycles. The molecule has 1 aliphatic rings. The molecule has 3 heteroatoms. The van der Waals surface area contributed by atoms with Gasteiger partial charge >= 0.3 is 0 Å². The summed E-state index contributed by atoms with van der Waals surface area (Å²) < 4.78 is 0. The maximum absolute atomic E-state index is 12.1. The third-order valence-corrected chi connectivity index (χ3v) is 3.71. The molecule has 2 atom stereocenters. The fourth-order valence-electron chi connectivity index (χ4n) is 1.96. The maximum atomic E-state index is 12.1. The average molecular weight is 212 g/mol. The van der Waals surface area contributed by atoms with Gasteiger partial charge < -0.3 is 10.6 Å². The minimum absolute atomic E-state index is 0.212. The minimum Gasteiger partial charge on any atom is -0.342 e. The number of likely N-dealkylation sites (tertiary alicyclic amines) is 1. The molecule has 1 heterocycles. The summed E-state index contributed by atoms with van der Waals surface area (Å²) in [6.07, 6.45) is 1.12. The fraction of sp³-hybridized carbons (Fsp3) is 0.917. The highest BCUT2D eigenvalue weighted by Gasteiger charge is 2.34. The van der Waals surface area contributed by atoms with E-state index in [1.54, 1.807) is 0 Å². The molecule has 0 spiro atoms. The van der Waals surface area contributed by atoms with Gasteiger partial charge in [-0.1, -0.05) is 13.8 Å². The van der Waals surface area contributed by atoms with Crippen LogP contribution in [0.5, 0.6) is 0 Å². The third-order valence-electron chi connectivity index (χ3n) is 3.71. The van der Waals surface area contributed by atoms with Crippen molar-refractivity contribution in [2.24, 2.45) is 23.0 Å². The second kappa shape index (κ2) is 4.52. The number of carbonyl (C=O) groups is 1. The first-order valence-electron chi connectivity index (χ1n) is 5.88. The van der Waals surface area contributed by atoms with E-state index in [4.69, 9.17) is 5.73 Å². The molecule has 2 N–H and O–H groups in total. The van der Waals surface area contributed by atoms with Gasteiger partial charge in [-0.2, -0.15) is 0 Å². The standard InChI is InChI=1S/C12H24N2O/c1-9-5-6-14(7-10(9)2)11(15)12(3,4)8-13/h9-10H,5-8,13H2,1-4H3. The fourth-order valence-corrected chi connectivity index (χ4v) is 1.96. The van der Waals surface area contributed by atoms with Gasteiger partial charge in [0.15, 0.2) is 0 Å². The van der Waals surface area contributed by atoms with Gasteiger partial charge in [-0.15, -0.1) is 0 Å². The van der Waals surface area contributed by atoms with E-state index in [2.05, 4.69) is 13.8 Å². The van der Waals surface area contributed by atoms with Crippen LogP contribution >= 0.6 is 0 Å². The van der Waals surface area contributed by atoms with Gasteiger partial charge in [-0.3, -0.25) is 4.79 Å². The Morgan fingerprint density at radius 2 is 2.00 bits per heavy atom. The molecule has 1 amide bonds. The van der Waals surface area contributed by atoms with Gasteiger partial charge in [-0.25, -0.2) is 0 Å². The van der Waals surface area contributed by atoms with Crippen molar-refractivity contribution in [1.29, 1.82) is 0 Å². The van der Waals surface area contributed by atoms with Crippen LogP contribution in [0.25, 0.3) is 0 Å². The van der Waals surface area contributed by atoms with E-state index < -0.39 is 5.41 Å². The molecule has 1 saturated heterocycles. The van der Waals surface area contributed by atoms with Crippen molar-refractivity contribution in [3.63, 3.8) is 0 Å². The summed E-state index contributed by atoms with van der Waals surface area (Å²) in [6.45, 7) is 10.6. The molecule has 0 aromatic rings. The molecule has 0 saturated carbocycles. The van der Waals surface area contributed by atoms with Crippen molar-refractivity contribution < 1.29 is 4.79 Å². The summed E-state index contributed by atoms with van der Waals surface area (Å²) in [5.41, 5.74) is 5.23. The lowest BCUT2D eigenvalue weighted by molar-refractivity contribution is -0.142. The van der Waals surface area contributed by atoms with Gasteiger partial charge in [-0.05, 0) is 32.1 Å². The molecule has 0 radical (unpaired) electrons. The van der Waals surface area contributed by atoms with E-state index in [1.165, 1.54) is 0 Å². The predicted octanol–water partition coefficient (Wildman–Crippen LogP) is 1.48. The molecule has 2 unspecified atom stereocenters. The minimum atomic E-state index is -0.402. The van der Waals surface area contributed by atoms with Crippen molar-refractivity contribution in [3.8, 4) is 0 Å². The number of nitrogens with two attached hydrogens (primary N) is 1. The van der Waals surface area contributed by atoms with Gasteiger partial charge in [0, 0.05) is 19.6 Å². The Bertz CT molecular complexity index is 238. The molecule has 0 bridgehead atoms. The van der Waals surface area contributed by atoms with Crippen LogP contribution in [0.15, 0.2) is 0 Å². The SMILES string of the molecule is CC1CCN(C(=O)C(C)(C)CN)CC1C. The number of carbonyl (C=O) groups excluding carboxylic acids is 1. The van der Waals surface area contributed by atoms with Crippen molar-refractivity contribution in [3.05, 3.63) is 0 Å². The van der Waals surface area contributed by atoms with Crippen LogP contribution in [0.3, 0.4) is 0 Å². The van der Waals surface area contributed by atoms with E-state index in [1.807, 2.05) is 18.7 Å². The Balaban J connectivity index is 2.62. The van der Waals surface area contributed by atoms with Crippen LogP contribution in [0.2, 0.25) is 0 Å². The Kier molecular flexibility index (Phi) is 3.77. The van der Waals surface area contributed by atoms with E-state index in [0.29, 0.717) is 12.5 Å². The quantitative estimate of drug-likeness (QED) is 0.753. The number of rotatable bonds is 2. The first-order valence-corrected chi connectivity index (χ1v) is 5.88. The molecule has 3 nitrogen and oxygen atoms in total. The van der Waals surface area contributed by atoms with Crippen LogP contribution in [0.1, 0.15) is 34.1 Å².